The Labute approximate surface area is 152 Å². The summed E-state index contributed by atoms with van der Waals surface area (Å²) in [6.45, 7) is 2.27. The maximum atomic E-state index is 4.95. The molecular weight excluding hydrogens is 328 g/mol. The molecule has 0 aromatic carbocycles. The van der Waals surface area contributed by atoms with Crippen molar-refractivity contribution >= 4 is 17.2 Å². The molecule has 3 heterocycles. The molecule has 1 unspecified atom stereocenters. The topological polar surface area (TPSA) is 41.9 Å². The number of anilines is 1. The lowest BCUT2D eigenvalue weighted by atomic mass is 10.1. The second kappa shape index (κ2) is 6.92. The van der Waals surface area contributed by atoms with Gasteiger partial charge in [-0.25, -0.2) is 9.97 Å². The molecule has 3 aromatic rings. The summed E-state index contributed by atoms with van der Waals surface area (Å²) >= 11 is 1.76. The van der Waals surface area contributed by atoms with Crippen LogP contribution in [0.25, 0.3) is 11.4 Å². The lowest BCUT2D eigenvalue weighted by Gasteiger charge is -2.28. The van der Waals surface area contributed by atoms with Crippen molar-refractivity contribution in [1.82, 2.24) is 15.0 Å². The number of thiophene rings is 1. The standard InChI is InChI=1S/C20H22N4S/c1-14(12-15-8-11-25-13-15)24(2)20-17-4-3-5-18(17)22-19(23-20)16-6-9-21-10-7-16/h6-11,13-14H,3-5,12H2,1-2H3. The lowest BCUT2D eigenvalue weighted by molar-refractivity contribution is 0.671. The van der Waals surface area contributed by atoms with E-state index in [0.717, 1.165) is 36.5 Å². The third-order valence-electron chi connectivity index (χ3n) is 4.96. The van der Waals surface area contributed by atoms with Crippen LogP contribution in [-0.2, 0) is 19.3 Å². The second-order valence-corrected chi connectivity index (χ2v) is 7.46. The van der Waals surface area contributed by atoms with Crippen LogP contribution in [0.15, 0.2) is 41.4 Å². The molecule has 0 radical (unpaired) electrons. The van der Waals surface area contributed by atoms with E-state index in [0.29, 0.717) is 6.04 Å². The van der Waals surface area contributed by atoms with Gasteiger partial charge >= 0.3 is 0 Å². The van der Waals surface area contributed by atoms with Gasteiger partial charge in [0.2, 0.25) is 0 Å². The molecule has 0 N–H and O–H groups in total. The first-order chi connectivity index (χ1) is 12.2. The third-order valence-corrected chi connectivity index (χ3v) is 5.69. The van der Waals surface area contributed by atoms with Crippen molar-refractivity contribution in [3.05, 3.63) is 58.2 Å². The third kappa shape index (κ3) is 3.29. The number of hydrogen-bond acceptors (Lipinski definition) is 5. The Bertz CT molecular complexity index is 846. The molecule has 0 spiro atoms. The van der Waals surface area contributed by atoms with Crippen LogP contribution >= 0.6 is 11.3 Å². The van der Waals surface area contributed by atoms with Gasteiger partial charge in [0.05, 0.1) is 0 Å². The van der Waals surface area contributed by atoms with Gasteiger partial charge < -0.3 is 4.90 Å². The number of nitrogens with zero attached hydrogens (tertiary/aromatic N) is 4. The molecule has 0 aliphatic heterocycles. The quantitative estimate of drug-likeness (QED) is 0.693. The summed E-state index contributed by atoms with van der Waals surface area (Å²) in [6, 6.07) is 6.56. The minimum atomic E-state index is 0.388. The van der Waals surface area contributed by atoms with Gasteiger partial charge in [0.15, 0.2) is 5.82 Å². The number of fused-ring (bicyclic) bond motifs is 1. The van der Waals surface area contributed by atoms with Gasteiger partial charge in [-0.05, 0) is 67.1 Å². The Balaban J connectivity index is 1.69. The first kappa shape index (κ1) is 16.2. The molecule has 3 aromatic heterocycles. The van der Waals surface area contributed by atoms with Crippen LogP contribution < -0.4 is 4.90 Å². The molecule has 5 heteroatoms. The fourth-order valence-electron chi connectivity index (χ4n) is 3.43. The molecule has 0 fully saturated rings. The Hall–Kier alpha value is -2.27. The average Bonchev–Trinajstić information content (AvgIpc) is 3.32. The monoisotopic (exact) mass is 350 g/mol. The number of likely N-dealkylation sites (N-methyl/N-ethyl adjacent to an activating group) is 1. The first-order valence-corrected chi connectivity index (χ1v) is 9.71. The highest BCUT2D eigenvalue weighted by Gasteiger charge is 2.24. The highest BCUT2D eigenvalue weighted by molar-refractivity contribution is 7.07. The van der Waals surface area contributed by atoms with Crippen molar-refractivity contribution in [1.29, 1.82) is 0 Å². The van der Waals surface area contributed by atoms with E-state index in [-0.39, 0.29) is 0 Å². The lowest BCUT2D eigenvalue weighted by Crippen LogP contribution is -2.32. The zero-order valence-corrected chi connectivity index (χ0v) is 15.5. The van der Waals surface area contributed by atoms with Gasteiger partial charge in [0.1, 0.15) is 5.82 Å². The minimum absolute atomic E-state index is 0.388. The van der Waals surface area contributed by atoms with Crippen LogP contribution in [-0.4, -0.2) is 28.0 Å². The van der Waals surface area contributed by atoms with Gasteiger partial charge in [-0.2, -0.15) is 11.3 Å². The molecular formula is C20H22N4S. The largest absolute Gasteiger partial charge is 0.356 e. The predicted molar refractivity (Wildman–Crippen MR) is 103 cm³/mol. The molecule has 0 saturated heterocycles. The van der Waals surface area contributed by atoms with Crippen molar-refractivity contribution in [3.63, 3.8) is 0 Å². The fourth-order valence-corrected chi connectivity index (χ4v) is 4.11. The molecule has 1 aliphatic carbocycles. The van der Waals surface area contributed by atoms with Gasteiger partial charge in [-0.15, -0.1) is 0 Å². The Morgan fingerprint density at radius 1 is 1.16 bits per heavy atom. The summed E-state index contributed by atoms with van der Waals surface area (Å²) in [5.74, 6) is 1.91. The minimum Gasteiger partial charge on any atom is -0.356 e. The van der Waals surface area contributed by atoms with Crippen molar-refractivity contribution in [2.45, 2.75) is 38.6 Å². The summed E-state index contributed by atoms with van der Waals surface area (Å²) in [4.78, 5) is 16.2. The smallest absolute Gasteiger partial charge is 0.161 e. The van der Waals surface area contributed by atoms with Gasteiger partial charge in [-0.3, -0.25) is 4.98 Å². The molecule has 128 valence electrons. The molecule has 0 amide bonds. The van der Waals surface area contributed by atoms with E-state index in [1.807, 2.05) is 12.1 Å². The molecule has 4 rings (SSSR count). The van der Waals surface area contributed by atoms with E-state index in [9.17, 15) is 0 Å². The average molecular weight is 350 g/mol. The highest BCUT2D eigenvalue weighted by Crippen LogP contribution is 2.32. The van der Waals surface area contributed by atoms with E-state index >= 15 is 0 Å². The van der Waals surface area contributed by atoms with Crippen LogP contribution in [0, 0.1) is 0 Å². The van der Waals surface area contributed by atoms with Gasteiger partial charge in [0.25, 0.3) is 0 Å². The summed E-state index contributed by atoms with van der Waals surface area (Å²) in [5.41, 5.74) is 4.97. The zero-order valence-electron chi connectivity index (χ0n) is 14.6. The normalized spacial score (nSPS) is 14.3. The van der Waals surface area contributed by atoms with Crippen LogP contribution in [0.2, 0.25) is 0 Å². The number of aryl methyl sites for hydroxylation is 1. The summed E-state index contributed by atoms with van der Waals surface area (Å²) < 4.78 is 0. The molecule has 4 nitrogen and oxygen atoms in total. The maximum absolute atomic E-state index is 4.95. The number of rotatable bonds is 5. The Morgan fingerprint density at radius 2 is 2.00 bits per heavy atom. The van der Waals surface area contributed by atoms with Crippen LogP contribution in [0.5, 0.6) is 0 Å². The highest BCUT2D eigenvalue weighted by atomic mass is 32.1. The fraction of sp³-hybridized carbons (Fsp3) is 0.350. The van der Waals surface area contributed by atoms with E-state index in [4.69, 9.17) is 9.97 Å². The van der Waals surface area contributed by atoms with Crippen molar-refractivity contribution in [3.8, 4) is 11.4 Å². The van der Waals surface area contributed by atoms with E-state index in [2.05, 4.69) is 40.7 Å². The van der Waals surface area contributed by atoms with Gasteiger partial charge in [-0.1, -0.05) is 0 Å². The van der Waals surface area contributed by atoms with E-state index < -0.39 is 0 Å². The first-order valence-electron chi connectivity index (χ1n) is 8.76. The zero-order chi connectivity index (χ0) is 17.2. The predicted octanol–water partition coefficient (Wildman–Crippen LogP) is 4.16. The molecule has 0 saturated carbocycles. The summed E-state index contributed by atoms with van der Waals surface area (Å²) in [5, 5.41) is 4.38. The SMILES string of the molecule is CC(Cc1ccsc1)N(C)c1nc(-c2ccncc2)nc2c1CCC2. The van der Waals surface area contributed by atoms with E-state index in [1.165, 1.54) is 23.2 Å². The van der Waals surface area contributed by atoms with Crippen molar-refractivity contribution < 1.29 is 0 Å². The Morgan fingerprint density at radius 3 is 2.76 bits per heavy atom. The van der Waals surface area contributed by atoms with Crippen LogP contribution in [0.1, 0.15) is 30.2 Å². The van der Waals surface area contributed by atoms with Gasteiger partial charge in [0, 0.05) is 42.3 Å². The number of aromatic nitrogens is 3. The second-order valence-electron chi connectivity index (χ2n) is 6.68. The number of hydrogen-bond donors (Lipinski definition) is 0. The Kier molecular flexibility index (Phi) is 4.49. The van der Waals surface area contributed by atoms with Crippen LogP contribution in [0.4, 0.5) is 5.82 Å². The van der Waals surface area contributed by atoms with Crippen molar-refractivity contribution in [2.24, 2.45) is 0 Å². The van der Waals surface area contributed by atoms with Crippen LogP contribution in [0.3, 0.4) is 0 Å². The van der Waals surface area contributed by atoms with Crippen molar-refractivity contribution in [2.75, 3.05) is 11.9 Å². The molecule has 0 bridgehead atoms. The maximum Gasteiger partial charge on any atom is 0.161 e. The van der Waals surface area contributed by atoms with E-state index in [1.54, 1.807) is 23.7 Å². The molecule has 1 aliphatic rings. The molecule has 1 atom stereocenters. The number of pyridine rings is 1. The summed E-state index contributed by atoms with van der Waals surface area (Å²) in [7, 11) is 2.16. The molecule has 25 heavy (non-hydrogen) atoms. The summed E-state index contributed by atoms with van der Waals surface area (Å²) in [6.07, 6.45) is 7.93.